The van der Waals surface area contributed by atoms with Gasteiger partial charge in [-0.05, 0) is 30.0 Å². The highest BCUT2D eigenvalue weighted by Crippen LogP contribution is 2.17. The van der Waals surface area contributed by atoms with Crippen molar-refractivity contribution >= 4 is 17.5 Å². The maximum absolute atomic E-state index is 11.9. The first kappa shape index (κ1) is 14.5. The van der Waals surface area contributed by atoms with Gasteiger partial charge in [-0.25, -0.2) is 4.98 Å². The number of hydrogen-bond acceptors (Lipinski definition) is 2. The summed E-state index contributed by atoms with van der Waals surface area (Å²) < 4.78 is 0. The fourth-order valence-corrected chi connectivity index (χ4v) is 2.07. The Morgan fingerprint density at radius 2 is 2.00 bits per heavy atom. The van der Waals surface area contributed by atoms with Crippen LogP contribution < -0.4 is 5.32 Å². The number of benzene rings is 1. The van der Waals surface area contributed by atoms with Gasteiger partial charge in [0, 0.05) is 12.7 Å². The molecule has 0 radical (unpaired) electrons. The van der Waals surface area contributed by atoms with Crippen LogP contribution in [0.2, 0.25) is 5.15 Å². The first-order valence-electron chi connectivity index (χ1n) is 6.61. The van der Waals surface area contributed by atoms with Gasteiger partial charge in [-0.3, -0.25) is 4.79 Å². The Morgan fingerprint density at radius 1 is 1.25 bits per heavy atom. The molecular weight excluding hydrogens is 272 g/mol. The molecule has 2 rings (SSSR count). The zero-order chi connectivity index (χ0) is 14.4. The molecule has 1 aromatic carbocycles. The van der Waals surface area contributed by atoms with Crippen LogP contribution in [-0.2, 0) is 0 Å². The molecule has 1 atom stereocenters. The van der Waals surface area contributed by atoms with Crippen LogP contribution in [-0.4, -0.2) is 17.4 Å². The zero-order valence-electron chi connectivity index (χ0n) is 11.3. The minimum absolute atomic E-state index is 0.116. The third kappa shape index (κ3) is 4.07. The molecule has 0 aliphatic rings. The van der Waals surface area contributed by atoms with E-state index in [9.17, 15) is 4.79 Å². The Kier molecular flexibility index (Phi) is 5.13. The number of pyridine rings is 1. The van der Waals surface area contributed by atoms with Crippen LogP contribution in [0.3, 0.4) is 0 Å². The van der Waals surface area contributed by atoms with E-state index in [-0.39, 0.29) is 5.91 Å². The smallest absolute Gasteiger partial charge is 0.252 e. The molecule has 20 heavy (non-hydrogen) atoms. The molecule has 0 bridgehead atoms. The third-order valence-corrected chi connectivity index (χ3v) is 3.44. The first-order valence-corrected chi connectivity index (χ1v) is 6.99. The van der Waals surface area contributed by atoms with Crippen molar-refractivity contribution in [3.8, 4) is 0 Å². The van der Waals surface area contributed by atoms with Crippen molar-refractivity contribution in [2.24, 2.45) is 0 Å². The minimum Gasteiger partial charge on any atom is -0.352 e. The van der Waals surface area contributed by atoms with Crippen LogP contribution in [0.15, 0.2) is 48.7 Å². The first-order chi connectivity index (χ1) is 9.66. The second-order valence-electron chi connectivity index (χ2n) is 4.73. The molecule has 1 heterocycles. The lowest BCUT2D eigenvalue weighted by atomic mass is 9.98. The molecule has 0 spiro atoms. The van der Waals surface area contributed by atoms with E-state index in [1.54, 1.807) is 12.1 Å². The van der Waals surface area contributed by atoms with Crippen LogP contribution in [0.1, 0.15) is 35.2 Å². The number of nitrogens with one attached hydrogen (secondary N) is 1. The van der Waals surface area contributed by atoms with Gasteiger partial charge in [0.05, 0.1) is 5.56 Å². The maximum Gasteiger partial charge on any atom is 0.252 e. The maximum atomic E-state index is 11.9. The predicted molar refractivity (Wildman–Crippen MR) is 81.1 cm³/mol. The van der Waals surface area contributed by atoms with Crippen LogP contribution in [0.25, 0.3) is 0 Å². The highest BCUT2D eigenvalue weighted by molar-refractivity contribution is 6.29. The topological polar surface area (TPSA) is 42.0 Å². The summed E-state index contributed by atoms with van der Waals surface area (Å²) in [4.78, 5) is 15.8. The van der Waals surface area contributed by atoms with Crippen molar-refractivity contribution in [1.29, 1.82) is 0 Å². The van der Waals surface area contributed by atoms with E-state index in [4.69, 9.17) is 11.6 Å². The molecule has 104 valence electrons. The summed E-state index contributed by atoms with van der Waals surface area (Å²) in [5.74, 6) is 0.300. The van der Waals surface area contributed by atoms with E-state index in [1.807, 2.05) is 18.2 Å². The van der Waals surface area contributed by atoms with Crippen molar-refractivity contribution in [2.75, 3.05) is 6.54 Å². The highest BCUT2D eigenvalue weighted by Gasteiger charge is 2.08. The lowest BCUT2D eigenvalue weighted by Gasteiger charge is -2.12. The molecule has 0 fully saturated rings. The number of halogens is 1. The largest absolute Gasteiger partial charge is 0.352 e. The monoisotopic (exact) mass is 288 g/mol. The molecule has 1 amide bonds. The van der Waals surface area contributed by atoms with Crippen molar-refractivity contribution in [2.45, 2.75) is 19.3 Å². The average molecular weight is 289 g/mol. The van der Waals surface area contributed by atoms with Gasteiger partial charge in [0.2, 0.25) is 0 Å². The van der Waals surface area contributed by atoms with Crippen molar-refractivity contribution in [1.82, 2.24) is 10.3 Å². The normalized spacial score (nSPS) is 11.9. The molecule has 1 N–H and O–H groups in total. The Morgan fingerprint density at radius 3 is 2.65 bits per heavy atom. The van der Waals surface area contributed by atoms with Crippen molar-refractivity contribution < 1.29 is 4.79 Å². The molecule has 2 aromatic rings. The van der Waals surface area contributed by atoms with Gasteiger partial charge in [0.1, 0.15) is 5.15 Å². The van der Waals surface area contributed by atoms with Crippen LogP contribution in [0.4, 0.5) is 0 Å². The fourth-order valence-electron chi connectivity index (χ4n) is 1.96. The minimum atomic E-state index is -0.116. The van der Waals surface area contributed by atoms with Gasteiger partial charge in [-0.1, -0.05) is 48.9 Å². The number of hydrogen-bond donors (Lipinski definition) is 1. The van der Waals surface area contributed by atoms with E-state index in [2.05, 4.69) is 29.4 Å². The summed E-state index contributed by atoms with van der Waals surface area (Å²) >= 11 is 5.69. The van der Waals surface area contributed by atoms with Crippen LogP contribution in [0.5, 0.6) is 0 Å². The predicted octanol–water partition coefficient (Wildman–Crippen LogP) is 3.66. The summed E-state index contributed by atoms with van der Waals surface area (Å²) in [6.07, 6.45) is 2.38. The Balaban J connectivity index is 1.81. The summed E-state index contributed by atoms with van der Waals surface area (Å²) in [5.41, 5.74) is 1.82. The van der Waals surface area contributed by atoms with Crippen molar-refractivity contribution in [3.63, 3.8) is 0 Å². The number of aromatic nitrogens is 1. The Bertz CT molecular complexity index is 554. The van der Waals surface area contributed by atoms with Crippen molar-refractivity contribution in [3.05, 3.63) is 64.9 Å². The lowest BCUT2D eigenvalue weighted by Crippen LogP contribution is -2.25. The molecule has 0 saturated carbocycles. The summed E-state index contributed by atoms with van der Waals surface area (Å²) in [5, 5.41) is 3.29. The number of rotatable bonds is 5. The number of nitrogens with zero attached hydrogens (tertiary/aromatic N) is 1. The molecule has 3 nitrogen and oxygen atoms in total. The molecule has 4 heteroatoms. The quantitative estimate of drug-likeness (QED) is 0.853. The van der Waals surface area contributed by atoms with Crippen LogP contribution >= 0.6 is 11.6 Å². The van der Waals surface area contributed by atoms with Gasteiger partial charge < -0.3 is 5.32 Å². The SMILES string of the molecule is CC(CCNC(=O)c1ccc(Cl)nc1)c1ccccc1. The molecule has 0 aliphatic heterocycles. The van der Waals surface area contributed by atoms with Gasteiger partial charge in [-0.2, -0.15) is 0 Å². The van der Waals surface area contributed by atoms with E-state index in [0.29, 0.717) is 23.2 Å². The molecule has 1 unspecified atom stereocenters. The van der Waals surface area contributed by atoms with E-state index < -0.39 is 0 Å². The van der Waals surface area contributed by atoms with E-state index >= 15 is 0 Å². The molecule has 1 aromatic heterocycles. The Hall–Kier alpha value is -1.87. The molecular formula is C16H17ClN2O. The van der Waals surface area contributed by atoms with Gasteiger partial charge in [-0.15, -0.1) is 0 Å². The summed E-state index contributed by atoms with van der Waals surface area (Å²) in [6.45, 7) is 2.79. The highest BCUT2D eigenvalue weighted by atomic mass is 35.5. The number of carbonyl (C=O) groups is 1. The standard InChI is InChI=1S/C16H17ClN2O/c1-12(13-5-3-2-4-6-13)9-10-18-16(20)14-7-8-15(17)19-11-14/h2-8,11-12H,9-10H2,1H3,(H,18,20). The summed E-state index contributed by atoms with van der Waals surface area (Å²) in [6, 6.07) is 13.6. The molecule has 0 aliphatic carbocycles. The van der Waals surface area contributed by atoms with Gasteiger partial charge in [0.25, 0.3) is 5.91 Å². The van der Waals surface area contributed by atoms with Gasteiger partial charge >= 0.3 is 0 Å². The third-order valence-electron chi connectivity index (χ3n) is 3.22. The summed E-state index contributed by atoms with van der Waals surface area (Å²) in [7, 11) is 0. The fraction of sp³-hybridized carbons (Fsp3) is 0.250. The number of amides is 1. The average Bonchev–Trinajstić information content (AvgIpc) is 2.48. The second-order valence-corrected chi connectivity index (χ2v) is 5.11. The number of carbonyl (C=O) groups excluding carboxylic acids is 1. The zero-order valence-corrected chi connectivity index (χ0v) is 12.1. The van der Waals surface area contributed by atoms with Gasteiger partial charge in [0.15, 0.2) is 0 Å². The van der Waals surface area contributed by atoms with Crippen LogP contribution in [0, 0.1) is 0 Å². The second kappa shape index (κ2) is 7.06. The Labute approximate surface area is 124 Å². The lowest BCUT2D eigenvalue weighted by molar-refractivity contribution is 0.0952. The molecule has 0 saturated heterocycles. The van der Waals surface area contributed by atoms with E-state index in [0.717, 1.165) is 6.42 Å². The van der Waals surface area contributed by atoms with E-state index in [1.165, 1.54) is 11.8 Å².